The van der Waals surface area contributed by atoms with Crippen LogP contribution in [0.4, 0.5) is 4.39 Å². The van der Waals surface area contributed by atoms with Crippen molar-refractivity contribution < 1.29 is 9.13 Å². The van der Waals surface area contributed by atoms with Crippen LogP contribution in [0.1, 0.15) is 5.56 Å². The van der Waals surface area contributed by atoms with Gasteiger partial charge in [0.05, 0.1) is 7.11 Å². The van der Waals surface area contributed by atoms with Gasteiger partial charge in [0.25, 0.3) is 0 Å². The zero-order valence-corrected chi connectivity index (χ0v) is 10.1. The standard InChI is InChI=1S/C12H11FN2OS/c1-16-11-4-3-9(7-10(11)13)8-17-12-14-5-2-6-15-12/h2-7H,8H2,1H3. The van der Waals surface area contributed by atoms with Crippen LogP contribution in [0, 0.1) is 5.82 Å². The number of ether oxygens (including phenoxy) is 1. The Kier molecular flexibility index (Phi) is 3.93. The van der Waals surface area contributed by atoms with Crippen LogP contribution >= 0.6 is 11.8 Å². The Morgan fingerprint density at radius 1 is 1.29 bits per heavy atom. The molecule has 0 atom stereocenters. The number of methoxy groups -OCH3 is 1. The molecule has 17 heavy (non-hydrogen) atoms. The molecular formula is C12H11FN2OS. The first-order chi connectivity index (χ1) is 8.29. The van der Waals surface area contributed by atoms with Crippen molar-refractivity contribution in [2.75, 3.05) is 7.11 Å². The van der Waals surface area contributed by atoms with E-state index in [9.17, 15) is 4.39 Å². The molecule has 0 aliphatic heterocycles. The average Bonchev–Trinajstić information content (AvgIpc) is 2.38. The van der Waals surface area contributed by atoms with Crippen molar-refractivity contribution in [3.63, 3.8) is 0 Å². The van der Waals surface area contributed by atoms with Gasteiger partial charge in [-0.2, -0.15) is 0 Å². The molecule has 2 aromatic rings. The van der Waals surface area contributed by atoms with Crippen molar-refractivity contribution in [1.82, 2.24) is 9.97 Å². The number of nitrogens with zero attached hydrogens (tertiary/aromatic N) is 2. The van der Waals surface area contributed by atoms with E-state index in [1.165, 1.54) is 24.9 Å². The number of thioether (sulfide) groups is 1. The van der Waals surface area contributed by atoms with Crippen molar-refractivity contribution in [2.45, 2.75) is 10.9 Å². The molecule has 0 aliphatic carbocycles. The normalized spacial score (nSPS) is 10.2. The summed E-state index contributed by atoms with van der Waals surface area (Å²) < 4.78 is 18.3. The second-order valence-corrected chi connectivity index (χ2v) is 4.23. The van der Waals surface area contributed by atoms with Gasteiger partial charge in [0, 0.05) is 18.1 Å². The van der Waals surface area contributed by atoms with Crippen LogP contribution in [0.25, 0.3) is 0 Å². The molecule has 1 aromatic carbocycles. The first-order valence-electron chi connectivity index (χ1n) is 5.02. The lowest BCUT2D eigenvalue weighted by Crippen LogP contribution is -1.90. The Hall–Kier alpha value is -1.62. The summed E-state index contributed by atoms with van der Waals surface area (Å²) in [6, 6.07) is 6.68. The topological polar surface area (TPSA) is 35.0 Å². The third-order valence-electron chi connectivity index (χ3n) is 2.13. The minimum Gasteiger partial charge on any atom is -0.494 e. The lowest BCUT2D eigenvalue weighted by atomic mass is 10.2. The number of hydrogen-bond donors (Lipinski definition) is 0. The van der Waals surface area contributed by atoms with Gasteiger partial charge in [0.2, 0.25) is 0 Å². The molecule has 2 rings (SSSR count). The van der Waals surface area contributed by atoms with Gasteiger partial charge in [0.1, 0.15) is 0 Å². The fourth-order valence-electron chi connectivity index (χ4n) is 1.31. The maximum atomic E-state index is 13.4. The highest BCUT2D eigenvalue weighted by atomic mass is 32.2. The summed E-state index contributed by atoms with van der Waals surface area (Å²) in [7, 11) is 1.45. The average molecular weight is 250 g/mol. The third kappa shape index (κ3) is 3.17. The van der Waals surface area contributed by atoms with Gasteiger partial charge in [-0.05, 0) is 23.8 Å². The monoisotopic (exact) mass is 250 g/mol. The van der Waals surface area contributed by atoms with Crippen LogP contribution in [-0.4, -0.2) is 17.1 Å². The first-order valence-corrected chi connectivity index (χ1v) is 6.00. The van der Waals surface area contributed by atoms with Crippen molar-refractivity contribution in [3.05, 3.63) is 48.0 Å². The second-order valence-electron chi connectivity index (χ2n) is 3.29. The van der Waals surface area contributed by atoms with Crippen LogP contribution in [-0.2, 0) is 5.75 Å². The first kappa shape index (κ1) is 11.9. The van der Waals surface area contributed by atoms with Crippen molar-refractivity contribution in [2.24, 2.45) is 0 Å². The van der Waals surface area contributed by atoms with E-state index in [0.29, 0.717) is 10.9 Å². The second kappa shape index (κ2) is 5.63. The molecule has 0 N–H and O–H groups in total. The zero-order chi connectivity index (χ0) is 12.1. The Balaban J connectivity index is 2.02. The Labute approximate surface area is 103 Å². The maximum Gasteiger partial charge on any atom is 0.187 e. The molecule has 5 heteroatoms. The van der Waals surface area contributed by atoms with Crippen LogP contribution in [0.15, 0.2) is 41.8 Å². The molecule has 0 bridgehead atoms. The van der Waals surface area contributed by atoms with Gasteiger partial charge < -0.3 is 4.74 Å². The molecular weight excluding hydrogens is 239 g/mol. The lowest BCUT2D eigenvalue weighted by molar-refractivity contribution is 0.386. The van der Waals surface area contributed by atoms with Crippen LogP contribution in [0.2, 0.25) is 0 Å². The van der Waals surface area contributed by atoms with E-state index in [2.05, 4.69) is 9.97 Å². The molecule has 0 aliphatic rings. The zero-order valence-electron chi connectivity index (χ0n) is 9.26. The van der Waals surface area contributed by atoms with Crippen molar-refractivity contribution in [3.8, 4) is 5.75 Å². The number of benzene rings is 1. The fraction of sp³-hybridized carbons (Fsp3) is 0.167. The molecule has 0 unspecified atom stereocenters. The summed E-state index contributed by atoms with van der Waals surface area (Å²) in [5.74, 6) is 0.541. The highest BCUT2D eigenvalue weighted by molar-refractivity contribution is 7.98. The van der Waals surface area contributed by atoms with Crippen molar-refractivity contribution in [1.29, 1.82) is 0 Å². The lowest BCUT2D eigenvalue weighted by Gasteiger charge is -2.04. The predicted molar refractivity (Wildman–Crippen MR) is 64.5 cm³/mol. The SMILES string of the molecule is COc1ccc(CSc2ncccn2)cc1F. The van der Waals surface area contributed by atoms with Gasteiger partial charge in [-0.15, -0.1) is 0 Å². The smallest absolute Gasteiger partial charge is 0.187 e. The highest BCUT2D eigenvalue weighted by Crippen LogP contribution is 2.23. The molecule has 0 amide bonds. The van der Waals surface area contributed by atoms with Gasteiger partial charge in [-0.1, -0.05) is 17.8 Å². The molecule has 0 spiro atoms. The summed E-state index contributed by atoms with van der Waals surface area (Å²) in [4.78, 5) is 8.17. The van der Waals surface area contributed by atoms with Crippen LogP contribution in [0.5, 0.6) is 5.75 Å². The summed E-state index contributed by atoms with van der Waals surface area (Å²) in [5.41, 5.74) is 0.876. The largest absolute Gasteiger partial charge is 0.494 e. The number of hydrogen-bond acceptors (Lipinski definition) is 4. The van der Waals surface area contributed by atoms with E-state index in [4.69, 9.17) is 4.74 Å². The third-order valence-corrected chi connectivity index (χ3v) is 3.07. The predicted octanol–water partition coefficient (Wildman–Crippen LogP) is 2.92. The molecule has 1 heterocycles. The number of rotatable bonds is 4. The minimum atomic E-state index is -0.348. The number of halogens is 1. The highest BCUT2D eigenvalue weighted by Gasteiger charge is 2.04. The van der Waals surface area contributed by atoms with E-state index < -0.39 is 0 Å². The van der Waals surface area contributed by atoms with Gasteiger partial charge >= 0.3 is 0 Å². The fourth-order valence-corrected chi connectivity index (χ4v) is 2.05. The Morgan fingerprint density at radius 3 is 2.71 bits per heavy atom. The van der Waals surface area contributed by atoms with E-state index in [1.807, 2.05) is 6.07 Å². The van der Waals surface area contributed by atoms with Crippen LogP contribution < -0.4 is 4.74 Å². The van der Waals surface area contributed by atoms with Gasteiger partial charge in [-0.3, -0.25) is 0 Å². The molecule has 0 fully saturated rings. The summed E-state index contributed by atoms with van der Waals surface area (Å²) >= 11 is 1.47. The van der Waals surface area contributed by atoms with E-state index in [1.54, 1.807) is 24.5 Å². The number of aromatic nitrogens is 2. The summed E-state index contributed by atoms with van der Waals surface area (Å²) in [6.07, 6.45) is 3.37. The Bertz CT molecular complexity index is 493. The molecule has 3 nitrogen and oxygen atoms in total. The maximum absolute atomic E-state index is 13.4. The van der Waals surface area contributed by atoms with E-state index in [-0.39, 0.29) is 11.6 Å². The van der Waals surface area contributed by atoms with Crippen LogP contribution in [0.3, 0.4) is 0 Å². The van der Waals surface area contributed by atoms with Gasteiger partial charge in [-0.25, -0.2) is 14.4 Å². The summed E-state index contributed by atoms with van der Waals surface area (Å²) in [5, 5.41) is 0.684. The minimum absolute atomic E-state index is 0.259. The molecule has 88 valence electrons. The molecule has 0 saturated heterocycles. The molecule has 0 radical (unpaired) electrons. The van der Waals surface area contributed by atoms with Crippen molar-refractivity contribution >= 4 is 11.8 Å². The quantitative estimate of drug-likeness (QED) is 0.617. The molecule has 1 aromatic heterocycles. The summed E-state index contributed by atoms with van der Waals surface area (Å²) in [6.45, 7) is 0. The van der Waals surface area contributed by atoms with Gasteiger partial charge in [0.15, 0.2) is 16.7 Å². The Morgan fingerprint density at radius 2 is 2.06 bits per heavy atom. The van der Waals surface area contributed by atoms with E-state index in [0.717, 1.165) is 5.56 Å². The molecule has 0 saturated carbocycles. The van der Waals surface area contributed by atoms with E-state index >= 15 is 0 Å².